The van der Waals surface area contributed by atoms with Gasteiger partial charge in [0, 0.05) is 24.2 Å². The standard InChI is InChI=1S/C21H38N2.CH2O/c1-7-11-21(4)16-10-12-20(3)14(2)8-9-15(20)19(16)17(22-5)13-18(21)23-6;1-2/h13-17,19,22-23H,7-12H2,1-6H3;1H2. The second kappa shape index (κ2) is 7.82. The maximum Gasteiger partial charge on any atom is 0.106 e. The van der Waals surface area contributed by atoms with Gasteiger partial charge in [-0.2, -0.15) is 0 Å². The molecule has 3 aliphatic rings. The van der Waals surface area contributed by atoms with E-state index in [2.05, 4.69) is 58.5 Å². The molecule has 0 amide bonds. The van der Waals surface area contributed by atoms with Crippen molar-refractivity contribution in [3.05, 3.63) is 11.8 Å². The summed E-state index contributed by atoms with van der Waals surface area (Å²) in [6.07, 6.45) is 10.9. The van der Waals surface area contributed by atoms with Crippen LogP contribution >= 0.6 is 0 Å². The normalized spacial score (nSPS) is 45.5. The Balaban J connectivity index is 0.00000109. The van der Waals surface area contributed by atoms with E-state index in [1.54, 1.807) is 0 Å². The Kier molecular flexibility index (Phi) is 6.40. The first-order chi connectivity index (χ1) is 11.9. The fourth-order valence-electron chi connectivity index (χ4n) is 6.87. The van der Waals surface area contributed by atoms with E-state index in [1.165, 1.54) is 44.2 Å². The van der Waals surface area contributed by atoms with E-state index in [0.29, 0.717) is 16.9 Å². The van der Waals surface area contributed by atoms with Crippen LogP contribution in [0.4, 0.5) is 0 Å². The third kappa shape index (κ3) is 3.07. The number of fused-ring (bicyclic) bond motifs is 3. The van der Waals surface area contributed by atoms with Gasteiger partial charge in [0.1, 0.15) is 6.79 Å². The number of rotatable bonds is 4. The molecule has 0 saturated heterocycles. The maximum atomic E-state index is 8.00. The SMILES string of the molecule is C=O.CCCC1(C)C(NC)=CC(NC)C2C1CCC1(C)C(C)CCC21. The van der Waals surface area contributed by atoms with Crippen molar-refractivity contribution < 1.29 is 4.79 Å². The highest BCUT2D eigenvalue weighted by Crippen LogP contribution is 2.64. The van der Waals surface area contributed by atoms with Gasteiger partial charge in [0.15, 0.2) is 0 Å². The number of carbonyl (C=O) groups is 1. The quantitative estimate of drug-likeness (QED) is 0.791. The summed E-state index contributed by atoms with van der Waals surface area (Å²) in [5, 5.41) is 7.25. The summed E-state index contributed by atoms with van der Waals surface area (Å²) in [6, 6.07) is 0.544. The molecule has 2 N–H and O–H groups in total. The van der Waals surface area contributed by atoms with Crippen LogP contribution in [-0.2, 0) is 4.79 Å². The predicted molar refractivity (Wildman–Crippen MR) is 106 cm³/mol. The summed E-state index contributed by atoms with van der Waals surface area (Å²) in [5.74, 6) is 3.45. The fourth-order valence-corrected chi connectivity index (χ4v) is 6.87. The van der Waals surface area contributed by atoms with Gasteiger partial charge in [-0.25, -0.2) is 0 Å². The Morgan fingerprint density at radius 2 is 1.84 bits per heavy atom. The van der Waals surface area contributed by atoms with E-state index in [4.69, 9.17) is 4.79 Å². The molecular weight excluding hydrogens is 308 g/mol. The van der Waals surface area contributed by atoms with Crippen molar-refractivity contribution in [1.29, 1.82) is 0 Å². The van der Waals surface area contributed by atoms with Crippen LogP contribution in [0.5, 0.6) is 0 Å². The van der Waals surface area contributed by atoms with E-state index in [1.807, 2.05) is 6.79 Å². The van der Waals surface area contributed by atoms with E-state index in [9.17, 15) is 0 Å². The van der Waals surface area contributed by atoms with Crippen molar-refractivity contribution in [3.63, 3.8) is 0 Å². The average Bonchev–Trinajstić information content (AvgIpc) is 2.92. The number of hydrogen-bond donors (Lipinski definition) is 2. The Morgan fingerprint density at radius 1 is 1.16 bits per heavy atom. The maximum absolute atomic E-state index is 8.00. The second-order valence-electron chi connectivity index (χ2n) is 9.13. The Labute approximate surface area is 155 Å². The highest BCUT2D eigenvalue weighted by atomic mass is 16.1. The van der Waals surface area contributed by atoms with E-state index < -0.39 is 0 Å². The van der Waals surface area contributed by atoms with Gasteiger partial charge in [-0.3, -0.25) is 0 Å². The Hall–Kier alpha value is -0.830. The monoisotopic (exact) mass is 348 g/mol. The first-order valence-corrected chi connectivity index (χ1v) is 10.3. The highest BCUT2D eigenvalue weighted by molar-refractivity contribution is 5.25. The molecule has 3 aliphatic carbocycles. The molecule has 7 unspecified atom stereocenters. The molecule has 3 nitrogen and oxygen atoms in total. The zero-order chi connectivity index (χ0) is 18.8. The van der Waals surface area contributed by atoms with Gasteiger partial charge in [0.2, 0.25) is 0 Å². The predicted octanol–water partition coefficient (Wildman–Crippen LogP) is 4.39. The molecule has 2 saturated carbocycles. The van der Waals surface area contributed by atoms with Gasteiger partial charge < -0.3 is 15.4 Å². The number of likely N-dealkylation sites (N-methyl/N-ethyl adjacent to an activating group) is 1. The molecule has 144 valence electrons. The number of nitrogens with one attached hydrogen (secondary N) is 2. The molecular formula is C22H40N2O. The summed E-state index contributed by atoms with van der Waals surface area (Å²) in [6.45, 7) is 12.0. The molecule has 0 heterocycles. The molecule has 0 aromatic rings. The molecule has 0 bridgehead atoms. The van der Waals surface area contributed by atoms with Crippen molar-refractivity contribution in [1.82, 2.24) is 10.6 Å². The lowest BCUT2D eigenvalue weighted by atomic mass is 9.48. The highest BCUT2D eigenvalue weighted by Gasteiger charge is 2.58. The Bertz CT molecular complexity index is 490. The van der Waals surface area contributed by atoms with Crippen molar-refractivity contribution >= 4 is 6.79 Å². The van der Waals surface area contributed by atoms with E-state index >= 15 is 0 Å². The van der Waals surface area contributed by atoms with Crippen LogP contribution in [0.2, 0.25) is 0 Å². The third-order valence-corrected chi connectivity index (χ3v) is 8.37. The van der Waals surface area contributed by atoms with Gasteiger partial charge in [-0.05, 0) is 74.3 Å². The summed E-state index contributed by atoms with van der Waals surface area (Å²) >= 11 is 0. The lowest BCUT2D eigenvalue weighted by Crippen LogP contribution is -2.57. The minimum absolute atomic E-state index is 0.342. The largest absolute Gasteiger partial charge is 0.391 e. The first-order valence-electron chi connectivity index (χ1n) is 10.3. The minimum Gasteiger partial charge on any atom is -0.391 e. The molecule has 3 heteroatoms. The van der Waals surface area contributed by atoms with E-state index in [-0.39, 0.29) is 0 Å². The van der Waals surface area contributed by atoms with Crippen LogP contribution in [0.1, 0.15) is 66.2 Å². The van der Waals surface area contributed by atoms with Crippen molar-refractivity contribution in [2.75, 3.05) is 14.1 Å². The number of carbonyl (C=O) groups excluding carboxylic acids is 1. The molecule has 0 aliphatic heterocycles. The van der Waals surface area contributed by atoms with Gasteiger partial charge >= 0.3 is 0 Å². The van der Waals surface area contributed by atoms with Crippen LogP contribution in [-0.4, -0.2) is 26.9 Å². The molecule has 2 fully saturated rings. The Morgan fingerprint density at radius 3 is 2.40 bits per heavy atom. The molecule has 0 aromatic carbocycles. The van der Waals surface area contributed by atoms with Crippen LogP contribution in [0.25, 0.3) is 0 Å². The van der Waals surface area contributed by atoms with E-state index in [0.717, 1.165) is 23.7 Å². The molecule has 3 rings (SSSR count). The zero-order valence-electron chi connectivity index (χ0n) is 17.3. The van der Waals surface area contributed by atoms with Crippen LogP contribution < -0.4 is 10.6 Å². The fraction of sp³-hybridized carbons (Fsp3) is 0.864. The zero-order valence-corrected chi connectivity index (χ0v) is 17.3. The van der Waals surface area contributed by atoms with Crippen LogP contribution in [0.15, 0.2) is 11.8 Å². The minimum atomic E-state index is 0.342. The molecule has 7 atom stereocenters. The summed E-state index contributed by atoms with van der Waals surface area (Å²) in [7, 11) is 4.29. The van der Waals surface area contributed by atoms with Gasteiger partial charge in [-0.1, -0.05) is 34.1 Å². The lowest BCUT2D eigenvalue weighted by molar-refractivity contribution is -0.0979. The first kappa shape index (κ1) is 20.5. The van der Waals surface area contributed by atoms with Gasteiger partial charge in [0.25, 0.3) is 0 Å². The van der Waals surface area contributed by atoms with Crippen molar-refractivity contribution in [3.8, 4) is 0 Å². The lowest BCUT2D eigenvalue weighted by Gasteiger charge is -2.58. The summed E-state index contributed by atoms with van der Waals surface area (Å²) in [4.78, 5) is 8.00. The number of allylic oxidation sites excluding steroid dienone is 1. The smallest absolute Gasteiger partial charge is 0.106 e. The summed E-state index contributed by atoms with van der Waals surface area (Å²) in [5.41, 5.74) is 2.41. The number of hydrogen-bond acceptors (Lipinski definition) is 3. The molecule has 0 spiro atoms. The average molecular weight is 349 g/mol. The van der Waals surface area contributed by atoms with Gasteiger partial charge in [0.05, 0.1) is 0 Å². The molecule has 25 heavy (non-hydrogen) atoms. The van der Waals surface area contributed by atoms with Crippen molar-refractivity contribution in [2.45, 2.75) is 72.3 Å². The topological polar surface area (TPSA) is 41.1 Å². The van der Waals surface area contributed by atoms with Crippen molar-refractivity contribution in [2.24, 2.45) is 34.5 Å². The summed E-state index contributed by atoms with van der Waals surface area (Å²) < 4.78 is 0. The molecule has 0 aromatic heterocycles. The second-order valence-corrected chi connectivity index (χ2v) is 9.13. The third-order valence-electron chi connectivity index (χ3n) is 8.37. The van der Waals surface area contributed by atoms with Gasteiger partial charge in [-0.15, -0.1) is 0 Å². The van der Waals surface area contributed by atoms with Crippen LogP contribution in [0, 0.1) is 34.5 Å². The molecule has 0 radical (unpaired) electrons. The van der Waals surface area contributed by atoms with Crippen LogP contribution in [0.3, 0.4) is 0 Å².